The number of hydrogen-bond donors (Lipinski definition) is 1. The number of imidazole rings is 1. The highest BCUT2D eigenvalue weighted by Crippen LogP contribution is 2.05. The largest absolute Gasteiger partial charge is 1.00 e. The second kappa shape index (κ2) is 12.4. The first kappa shape index (κ1) is 20.9. The number of carbonyl (C=O) groups excluding carboxylic acids is 1. The molecule has 1 N–H and O–H groups in total. The van der Waals surface area contributed by atoms with Gasteiger partial charge in [0.15, 0.2) is 0 Å². The number of nitrogens with one attached hydrogen (secondary N) is 1. The lowest BCUT2D eigenvalue weighted by atomic mass is 10.1. The molecule has 0 atom stereocenters. The van der Waals surface area contributed by atoms with Gasteiger partial charge in [0.25, 0.3) is 5.82 Å². The molecular formula is C17H29BrN2O2. The second-order valence-corrected chi connectivity index (χ2v) is 5.53. The lowest BCUT2D eigenvalue weighted by Gasteiger charge is -2.04. The zero-order valence-electron chi connectivity index (χ0n) is 13.9. The maximum Gasteiger partial charge on any atom is 0.333 e. The second-order valence-electron chi connectivity index (χ2n) is 5.53. The highest BCUT2D eigenvalue weighted by molar-refractivity contribution is 5.86. The maximum absolute atomic E-state index is 11.3. The SMILES string of the molecule is C=C(C)C(=O)OCCc1[nH]cc[n+]1CCCCCCCC.[Br-]. The number of H-pyrrole nitrogens is 1. The van der Waals surface area contributed by atoms with Crippen LogP contribution < -0.4 is 21.5 Å². The summed E-state index contributed by atoms with van der Waals surface area (Å²) in [6, 6.07) is 0. The summed E-state index contributed by atoms with van der Waals surface area (Å²) in [5, 5.41) is 0. The molecule has 0 saturated heterocycles. The van der Waals surface area contributed by atoms with Crippen LogP contribution >= 0.6 is 0 Å². The zero-order valence-corrected chi connectivity index (χ0v) is 15.5. The van der Waals surface area contributed by atoms with E-state index in [1.165, 1.54) is 38.5 Å². The van der Waals surface area contributed by atoms with Gasteiger partial charge in [0.1, 0.15) is 19.0 Å². The highest BCUT2D eigenvalue weighted by Gasteiger charge is 2.11. The lowest BCUT2D eigenvalue weighted by Crippen LogP contribution is -3.00. The fourth-order valence-electron chi connectivity index (χ4n) is 2.25. The molecule has 126 valence electrons. The van der Waals surface area contributed by atoms with Crippen LogP contribution in [0.2, 0.25) is 0 Å². The molecule has 0 bridgehead atoms. The van der Waals surface area contributed by atoms with Crippen molar-refractivity contribution in [2.45, 2.75) is 65.3 Å². The third-order valence-corrected chi connectivity index (χ3v) is 3.52. The molecule has 0 radical (unpaired) electrons. The Morgan fingerprint density at radius 2 is 1.95 bits per heavy atom. The third kappa shape index (κ3) is 8.37. The molecule has 0 aliphatic carbocycles. The quantitative estimate of drug-likeness (QED) is 0.263. The van der Waals surface area contributed by atoms with Gasteiger partial charge in [0.2, 0.25) is 0 Å². The molecule has 1 rings (SSSR count). The van der Waals surface area contributed by atoms with E-state index in [1.807, 2.05) is 6.20 Å². The maximum atomic E-state index is 11.3. The van der Waals surface area contributed by atoms with Crippen molar-refractivity contribution in [2.75, 3.05) is 6.61 Å². The monoisotopic (exact) mass is 372 g/mol. The molecule has 1 heterocycles. The minimum absolute atomic E-state index is 0. The summed E-state index contributed by atoms with van der Waals surface area (Å²) >= 11 is 0. The van der Waals surface area contributed by atoms with Crippen LogP contribution in [0.1, 0.15) is 58.2 Å². The van der Waals surface area contributed by atoms with Crippen molar-refractivity contribution in [1.29, 1.82) is 0 Å². The predicted octanol–water partition coefficient (Wildman–Crippen LogP) is 0.329. The number of esters is 1. The van der Waals surface area contributed by atoms with Gasteiger partial charge in [-0.15, -0.1) is 0 Å². The van der Waals surface area contributed by atoms with E-state index in [9.17, 15) is 4.79 Å². The Kier molecular flexibility index (Phi) is 11.8. The Bertz CT molecular complexity index is 444. The molecular weight excluding hydrogens is 344 g/mol. The normalized spacial score (nSPS) is 10.1. The van der Waals surface area contributed by atoms with Crippen LogP contribution in [-0.4, -0.2) is 17.6 Å². The van der Waals surface area contributed by atoms with E-state index in [0.717, 1.165) is 12.4 Å². The van der Waals surface area contributed by atoms with Crippen LogP contribution in [0.4, 0.5) is 0 Å². The molecule has 0 saturated carbocycles. The number of rotatable bonds is 11. The van der Waals surface area contributed by atoms with Crippen LogP contribution in [0.15, 0.2) is 24.5 Å². The van der Waals surface area contributed by atoms with E-state index in [2.05, 4.69) is 29.3 Å². The Hall–Kier alpha value is -1.10. The Morgan fingerprint density at radius 3 is 2.64 bits per heavy atom. The fraction of sp³-hybridized carbons (Fsp3) is 0.647. The van der Waals surface area contributed by atoms with Crippen molar-refractivity contribution in [1.82, 2.24) is 4.98 Å². The Morgan fingerprint density at radius 1 is 1.27 bits per heavy atom. The first-order valence-electron chi connectivity index (χ1n) is 8.03. The topological polar surface area (TPSA) is 46.0 Å². The molecule has 0 aromatic carbocycles. The summed E-state index contributed by atoms with van der Waals surface area (Å²) in [4.78, 5) is 14.5. The van der Waals surface area contributed by atoms with Crippen LogP contribution in [0, 0.1) is 0 Å². The summed E-state index contributed by atoms with van der Waals surface area (Å²) in [5.74, 6) is 0.794. The third-order valence-electron chi connectivity index (χ3n) is 3.52. The van der Waals surface area contributed by atoms with Crippen LogP contribution in [0.25, 0.3) is 0 Å². The van der Waals surface area contributed by atoms with Crippen molar-refractivity contribution < 1.29 is 31.1 Å². The Labute approximate surface area is 144 Å². The number of aromatic nitrogens is 2. The molecule has 5 heteroatoms. The van der Waals surface area contributed by atoms with E-state index in [-0.39, 0.29) is 23.0 Å². The van der Waals surface area contributed by atoms with Gasteiger partial charge >= 0.3 is 5.97 Å². The van der Waals surface area contributed by atoms with E-state index in [0.29, 0.717) is 18.6 Å². The van der Waals surface area contributed by atoms with Gasteiger partial charge in [-0.3, -0.25) is 0 Å². The first-order valence-corrected chi connectivity index (χ1v) is 8.03. The lowest BCUT2D eigenvalue weighted by molar-refractivity contribution is -0.703. The number of carbonyl (C=O) groups is 1. The summed E-state index contributed by atoms with van der Waals surface area (Å²) in [6.45, 7) is 8.89. The summed E-state index contributed by atoms with van der Waals surface area (Å²) in [5.41, 5.74) is 0.446. The average molecular weight is 373 g/mol. The highest BCUT2D eigenvalue weighted by atomic mass is 79.9. The number of ether oxygens (including phenoxy) is 1. The van der Waals surface area contributed by atoms with Crippen LogP contribution in [0.5, 0.6) is 0 Å². The van der Waals surface area contributed by atoms with Gasteiger partial charge in [-0.05, 0) is 19.8 Å². The van der Waals surface area contributed by atoms with Gasteiger partial charge in [-0.2, -0.15) is 0 Å². The average Bonchev–Trinajstić information content (AvgIpc) is 2.90. The molecule has 1 aromatic rings. The molecule has 22 heavy (non-hydrogen) atoms. The van der Waals surface area contributed by atoms with Crippen LogP contribution in [0.3, 0.4) is 0 Å². The van der Waals surface area contributed by atoms with Crippen molar-refractivity contribution in [2.24, 2.45) is 0 Å². The van der Waals surface area contributed by atoms with Crippen molar-refractivity contribution >= 4 is 5.97 Å². The van der Waals surface area contributed by atoms with Gasteiger partial charge in [-0.1, -0.05) is 39.2 Å². The van der Waals surface area contributed by atoms with Gasteiger partial charge in [0.05, 0.1) is 13.0 Å². The van der Waals surface area contributed by atoms with E-state index >= 15 is 0 Å². The van der Waals surface area contributed by atoms with Gasteiger partial charge < -0.3 is 21.7 Å². The number of hydrogen-bond acceptors (Lipinski definition) is 2. The first-order chi connectivity index (χ1) is 10.1. The van der Waals surface area contributed by atoms with Gasteiger partial charge in [0, 0.05) is 5.57 Å². The summed E-state index contributed by atoms with van der Waals surface area (Å²) < 4.78 is 7.35. The standard InChI is InChI=1S/C17H28N2O2.BrH/c1-4-5-6-7-8-9-12-19-13-11-18-16(19)10-14-21-17(20)15(2)3;/h11,13H,2,4-10,12,14H2,1,3H3;1H. The number of halogens is 1. The summed E-state index contributed by atoms with van der Waals surface area (Å²) in [6.07, 6.45) is 12.5. The fourth-order valence-corrected chi connectivity index (χ4v) is 2.25. The molecule has 0 fully saturated rings. The van der Waals surface area contributed by atoms with Gasteiger partial charge in [-0.25, -0.2) is 14.3 Å². The zero-order chi connectivity index (χ0) is 15.5. The van der Waals surface area contributed by atoms with Crippen molar-refractivity contribution in [3.05, 3.63) is 30.4 Å². The number of nitrogens with zero attached hydrogens (tertiary/aromatic N) is 1. The molecule has 0 unspecified atom stereocenters. The van der Waals surface area contributed by atoms with Crippen LogP contribution in [-0.2, 0) is 22.5 Å². The van der Waals surface area contributed by atoms with E-state index in [4.69, 9.17) is 4.74 Å². The minimum Gasteiger partial charge on any atom is -1.00 e. The van der Waals surface area contributed by atoms with Crippen molar-refractivity contribution in [3.63, 3.8) is 0 Å². The number of aryl methyl sites for hydroxylation is 1. The predicted molar refractivity (Wildman–Crippen MR) is 83.8 cm³/mol. The summed E-state index contributed by atoms with van der Waals surface area (Å²) in [7, 11) is 0. The Balaban J connectivity index is 0.00000441. The molecule has 0 aliphatic rings. The smallest absolute Gasteiger partial charge is 0.333 e. The molecule has 0 spiro atoms. The molecule has 0 amide bonds. The minimum atomic E-state index is -0.316. The number of unbranched alkanes of at least 4 members (excludes halogenated alkanes) is 5. The number of aromatic amines is 1. The van der Waals surface area contributed by atoms with Crippen molar-refractivity contribution in [3.8, 4) is 0 Å². The van der Waals surface area contributed by atoms with E-state index in [1.54, 1.807) is 6.92 Å². The molecule has 4 nitrogen and oxygen atoms in total. The molecule has 0 aliphatic heterocycles. The van der Waals surface area contributed by atoms with E-state index < -0.39 is 0 Å². The molecule has 1 aromatic heterocycles.